The number of ether oxygens (including phenoxy) is 1. The van der Waals surface area contributed by atoms with Crippen LogP contribution in [0.2, 0.25) is 0 Å². The number of likely N-dealkylation sites (N-methyl/N-ethyl adjacent to an activating group) is 1. The van der Waals surface area contributed by atoms with Gasteiger partial charge in [0.15, 0.2) is 0 Å². The van der Waals surface area contributed by atoms with Gasteiger partial charge in [0, 0.05) is 19.7 Å². The summed E-state index contributed by atoms with van der Waals surface area (Å²) in [6.45, 7) is 6.82. The molecule has 1 rings (SSSR count). The van der Waals surface area contributed by atoms with E-state index in [1.165, 1.54) is 12.8 Å². The van der Waals surface area contributed by atoms with Crippen molar-refractivity contribution in [3.05, 3.63) is 0 Å². The van der Waals surface area contributed by atoms with E-state index < -0.39 is 6.04 Å². The largest absolute Gasteiger partial charge is 0.380 e. The Labute approximate surface area is 104 Å². The molecule has 0 bridgehead atoms. The Morgan fingerprint density at radius 2 is 2.18 bits per heavy atom. The van der Waals surface area contributed by atoms with Gasteiger partial charge in [0.05, 0.1) is 6.10 Å². The van der Waals surface area contributed by atoms with Crippen molar-refractivity contribution in [3.63, 3.8) is 0 Å². The molecule has 0 heterocycles. The molecular formula is C13H26N2O2. The van der Waals surface area contributed by atoms with Crippen molar-refractivity contribution in [3.8, 4) is 0 Å². The number of amides is 1. The van der Waals surface area contributed by atoms with Crippen LogP contribution in [0.25, 0.3) is 0 Å². The van der Waals surface area contributed by atoms with Crippen LogP contribution in [0.15, 0.2) is 0 Å². The molecule has 4 heteroatoms. The lowest BCUT2D eigenvalue weighted by Crippen LogP contribution is -2.53. The van der Waals surface area contributed by atoms with E-state index in [1.807, 2.05) is 18.7 Å². The van der Waals surface area contributed by atoms with E-state index >= 15 is 0 Å². The van der Waals surface area contributed by atoms with Crippen LogP contribution in [0, 0.1) is 5.92 Å². The van der Waals surface area contributed by atoms with Crippen LogP contribution < -0.4 is 5.73 Å². The summed E-state index contributed by atoms with van der Waals surface area (Å²) >= 11 is 0. The van der Waals surface area contributed by atoms with E-state index in [4.69, 9.17) is 10.5 Å². The van der Waals surface area contributed by atoms with Crippen LogP contribution in [0.3, 0.4) is 0 Å². The topological polar surface area (TPSA) is 55.6 Å². The summed E-state index contributed by atoms with van der Waals surface area (Å²) in [6, 6.07) is -0.185. The van der Waals surface area contributed by atoms with Crippen molar-refractivity contribution in [2.45, 2.75) is 58.2 Å². The third-order valence-corrected chi connectivity index (χ3v) is 4.00. The maximum atomic E-state index is 12.3. The first-order chi connectivity index (χ1) is 8.02. The minimum atomic E-state index is -0.548. The number of carbonyl (C=O) groups excluding carboxylic acids is 1. The molecule has 2 N–H and O–H groups in total. The molecule has 4 nitrogen and oxygen atoms in total. The van der Waals surface area contributed by atoms with E-state index in [0.29, 0.717) is 12.0 Å². The summed E-state index contributed by atoms with van der Waals surface area (Å²) in [5, 5.41) is 0. The Balaban J connectivity index is 2.69. The van der Waals surface area contributed by atoms with Gasteiger partial charge in [-0.3, -0.25) is 4.79 Å². The predicted octanol–water partition coefficient (Wildman–Crippen LogP) is 1.39. The van der Waals surface area contributed by atoms with E-state index in [2.05, 4.69) is 6.92 Å². The molecule has 4 unspecified atom stereocenters. The molecule has 100 valence electrons. The first kappa shape index (κ1) is 14.5. The lowest BCUT2D eigenvalue weighted by Gasteiger charge is -2.34. The highest BCUT2D eigenvalue weighted by molar-refractivity contribution is 5.82. The first-order valence-electron chi connectivity index (χ1n) is 6.61. The van der Waals surface area contributed by atoms with Gasteiger partial charge >= 0.3 is 0 Å². The Hall–Kier alpha value is -0.610. The summed E-state index contributed by atoms with van der Waals surface area (Å²) in [5.41, 5.74) is 5.94. The minimum absolute atomic E-state index is 0.0283. The lowest BCUT2D eigenvalue weighted by molar-refractivity contribution is -0.138. The summed E-state index contributed by atoms with van der Waals surface area (Å²) in [5.74, 6) is 0.615. The highest BCUT2D eigenvalue weighted by Gasteiger charge is 2.34. The molecular weight excluding hydrogens is 216 g/mol. The SMILES string of the molecule is CCN(C(=O)C(N)C(C)OC)C1CCCC1C. The van der Waals surface area contributed by atoms with Crippen molar-refractivity contribution in [2.24, 2.45) is 11.7 Å². The molecule has 1 aliphatic rings. The molecule has 4 atom stereocenters. The number of rotatable bonds is 5. The fourth-order valence-corrected chi connectivity index (χ4v) is 2.68. The number of hydrogen-bond acceptors (Lipinski definition) is 3. The molecule has 0 aromatic rings. The Kier molecular flexibility index (Phi) is 5.40. The average molecular weight is 242 g/mol. The van der Waals surface area contributed by atoms with Gasteiger partial charge < -0.3 is 15.4 Å². The normalized spacial score (nSPS) is 27.8. The zero-order valence-electron chi connectivity index (χ0n) is 11.5. The third kappa shape index (κ3) is 3.19. The molecule has 0 spiro atoms. The fraction of sp³-hybridized carbons (Fsp3) is 0.923. The Morgan fingerprint density at radius 1 is 1.53 bits per heavy atom. The van der Waals surface area contributed by atoms with Gasteiger partial charge in [-0.05, 0) is 32.6 Å². The van der Waals surface area contributed by atoms with Crippen LogP contribution in [-0.2, 0) is 9.53 Å². The number of nitrogens with zero attached hydrogens (tertiary/aromatic N) is 1. The van der Waals surface area contributed by atoms with E-state index in [-0.39, 0.29) is 12.0 Å². The van der Waals surface area contributed by atoms with Crippen LogP contribution in [-0.4, -0.2) is 42.6 Å². The van der Waals surface area contributed by atoms with Crippen molar-refractivity contribution in [1.29, 1.82) is 0 Å². The third-order valence-electron chi connectivity index (χ3n) is 4.00. The molecule has 1 amide bonds. The predicted molar refractivity (Wildman–Crippen MR) is 68.6 cm³/mol. The average Bonchev–Trinajstić information content (AvgIpc) is 2.74. The van der Waals surface area contributed by atoms with E-state index in [0.717, 1.165) is 13.0 Å². The van der Waals surface area contributed by atoms with Crippen molar-refractivity contribution >= 4 is 5.91 Å². The van der Waals surface area contributed by atoms with Crippen LogP contribution >= 0.6 is 0 Å². The number of hydrogen-bond donors (Lipinski definition) is 1. The first-order valence-corrected chi connectivity index (χ1v) is 6.61. The second-order valence-corrected chi connectivity index (χ2v) is 5.07. The maximum Gasteiger partial charge on any atom is 0.242 e. The molecule has 17 heavy (non-hydrogen) atoms. The summed E-state index contributed by atoms with van der Waals surface area (Å²) < 4.78 is 5.14. The second kappa shape index (κ2) is 6.36. The van der Waals surface area contributed by atoms with Gasteiger partial charge in [-0.1, -0.05) is 13.3 Å². The van der Waals surface area contributed by atoms with Gasteiger partial charge in [-0.25, -0.2) is 0 Å². The zero-order valence-corrected chi connectivity index (χ0v) is 11.5. The van der Waals surface area contributed by atoms with E-state index in [9.17, 15) is 4.79 Å². The Bertz CT molecular complexity index is 258. The monoisotopic (exact) mass is 242 g/mol. The van der Waals surface area contributed by atoms with Crippen LogP contribution in [0.1, 0.15) is 40.0 Å². The van der Waals surface area contributed by atoms with Crippen molar-refractivity contribution < 1.29 is 9.53 Å². The summed E-state index contributed by atoms with van der Waals surface area (Å²) in [7, 11) is 1.59. The molecule has 1 fully saturated rings. The van der Waals surface area contributed by atoms with Crippen LogP contribution in [0.5, 0.6) is 0 Å². The molecule has 0 radical (unpaired) electrons. The van der Waals surface area contributed by atoms with Crippen molar-refractivity contribution in [1.82, 2.24) is 4.90 Å². The molecule has 0 aromatic carbocycles. The van der Waals surface area contributed by atoms with Gasteiger partial charge in [-0.15, -0.1) is 0 Å². The van der Waals surface area contributed by atoms with Crippen LogP contribution in [0.4, 0.5) is 0 Å². The number of carbonyl (C=O) groups is 1. The van der Waals surface area contributed by atoms with Gasteiger partial charge in [0.2, 0.25) is 5.91 Å². The van der Waals surface area contributed by atoms with E-state index in [1.54, 1.807) is 7.11 Å². The number of nitrogens with two attached hydrogens (primary N) is 1. The zero-order chi connectivity index (χ0) is 13.0. The smallest absolute Gasteiger partial charge is 0.242 e. The second-order valence-electron chi connectivity index (χ2n) is 5.07. The summed E-state index contributed by atoms with van der Waals surface area (Å²) in [6.07, 6.45) is 3.30. The van der Waals surface area contributed by atoms with Gasteiger partial charge in [0.25, 0.3) is 0 Å². The molecule has 1 aliphatic carbocycles. The highest BCUT2D eigenvalue weighted by atomic mass is 16.5. The molecule has 1 saturated carbocycles. The molecule has 0 saturated heterocycles. The molecule has 0 aliphatic heterocycles. The standard InChI is InChI=1S/C13H26N2O2/c1-5-15(11-8-6-7-9(11)2)13(16)12(14)10(3)17-4/h9-12H,5-8,14H2,1-4H3. The minimum Gasteiger partial charge on any atom is -0.380 e. The maximum absolute atomic E-state index is 12.3. The van der Waals surface area contributed by atoms with Gasteiger partial charge in [0.1, 0.15) is 6.04 Å². The molecule has 0 aromatic heterocycles. The number of methoxy groups -OCH3 is 1. The van der Waals surface area contributed by atoms with Gasteiger partial charge in [-0.2, -0.15) is 0 Å². The Morgan fingerprint density at radius 3 is 2.59 bits per heavy atom. The lowest BCUT2D eigenvalue weighted by atomic mass is 10.0. The highest BCUT2D eigenvalue weighted by Crippen LogP contribution is 2.29. The van der Waals surface area contributed by atoms with Crippen molar-refractivity contribution in [2.75, 3.05) is 13.7 Å². The summed E-state index contributed by atoms with van der Waals surface area (Å²) in [4.78, 5) is 14.3. The quantitative estimate of drug-likeness (QED) is 0.792. The fourth-order valence-electron chi connectivity index (χ4n) is 2.68.